The molecule has 1 N–H and O–H groups in total. The van der Waals surface area contributed by atoms with Crippen LogP contribution in [0.25, 0.3) is 0 Å². The van der Waals surface area contributed by atoms with Crippen LogP contribution >= 0.6 is 0 Å². The highest BCUT2D eigenvalue weighted by Gasteiger charge is 2.31. The Bertz CT molecular complexity index is 440. The summed E-state index contributed by atoms with van der Waals surface area (Å²) in [5, 5.41) is 3.39. The van der Waals surface area contributed by atoms with Gasteiger partial charge < -0.3 is 10.1 Å². The first-order valence-electron chi connectivity index (χ1n) is 7.11. The number of alkyl halides is 3. The average Bonchev–Trinajstić information content (AvgIpc) is 2.42. The van der Waals surface area contributed by atoms with Gasteiger partial charge >= 0.3 is 6.36 Å². The molecule has 0 spiro atoms. The number of hydrogen-bond donors (Lipinski definition) is 1. The largest absolute Gasteiger partial charge is 0.573 e. The standard InChI is InChI=1S/C16H22F3NO/c1-4-10-20-15(11-12(3)5-2)13-6-8-14(9-7-13)21-16(17,18)19/h6-9,15,20H,3-5,10-11H2,1-2H3. The third-order valence-corrected chi connectivity index (χ3v) is 3.15. The van der Waals surface area contributed by atoms with Gasteiger partial charge in [-0.15, -0.1) is 13.2 Å². The topological polar surface area (TPSA) is 21.3 Å². The Morgan fingerprint density at radius 2 is 1.86 bits per heavy atom. The summed E-state index contributed by atoms with van der Waals surface area (Å²) >= 11 is 0. The van der Waals surface area contributed by atoms with Gasteiger partial charge in [-0.1, -0.05) is 38.1 Å². The molecule has 0 radical (unpaired) electrons. The van der Waals surface area contributed by atoms with Crippen molar-refractivity contribution in [1.29, 1.82) is 0 Å². The minimum Gasteiger partial charge on any atom is -0.406 e. The number of rotatable bonds is 8. The number of benzene rings is 1. The molecule has 0 fully saturated rings. The van der Waals surface area contributed by atoms with Crippen molar-refractivity contribution in [2.45, 2.75) is 45.5 Å². The third-order valence-electron chi connectivity index (χ3n) is 3.15. The summed E-state index contributed by atoms with van der Waals surface area (Å²) in [6.07, 6.45) is -2.00. The molecule has 0 saturated carbocycles. The molecule has 0 aliphatic rings. The molecule has 1 aromatic carbocycles. The fourth-order valence-corrected chi connectivity index (χ4v) is 1.96. The molecule has 118 valence electrons. The quantitative estimate of drug-likeness (QED) is 0.684. The van der Waals surface area contributed by atoms with E-state index in [1.54, 1.807) is 12.1 Å². The van der Waals surface area contributed by atoms with E-state index in [-0.39, 0.29) is 11.8 Å². The molecular formula is C16H22F3NO. The highest BCUT2D eigenvalue weighted by molar-refractivity contribution is 5.30. The number of hydrogen-bond acceptors (Lipinski definition) is 2. The van der Waals surface area contributed by atoms with Crippen molar-refractivity contribution in [3.63, 3.8) is 0 Å². The number of ether oxygens (including phenoxy) is 1. The maximum absolute atomic E-state index is 12.1. The van der Waals surface area contributed by atoms with Crippen molar-refractivity contribution in [2.24, 2.45) is 0 Å². The van der Waals surface area contributed by atoms with Crippen LogP contribution < -0.4 is 10.1 Å². The molecule has 1 rings (SSSR count). The lowest BCUT2D eigenvalue weighted by molar-refractivity contribution is -0.274. The summed E-state index contributed by atoms with van der Waals surface area (Å²) in [5.74, 6) is -0.199. The van der Waals surface area contributed by atoms with Crippen molar-refractivity contribution in [3.8, 4) is 5.75 Å². The van der Waals surface area contributed by atoms with Gasteiger partial charge in [0.05, 0.1) is 0 Å². The summed E-state index contributed by atoms with van der Waals surface area (Å²) in [6.45, 7) is 8.96. The van der Waals surface area contributed by atoms with E-state index in [4.69, 9.17) is 0 Å². The van der Waals surface area contributed by atoms with E-state index in [9.17, 15) is 13.2 Å². The molecule has 1 unspecified atom stereocenters. The highest BCUT2D eigenvalue weighted by atomic mass is 19.4. The predicted molar refractivity (Wildman–Crippen MR) is 78.2 cm³/mol. The molecule has 0 amide bonds. The summed E-state index contributed by atoms with van der Waals surface area (Å²) < 4.78 is 40.3. The van der Waals surface area contributed by atoms with E-state index in [1.807, 2.05) is 6.92 Å². The molecule has 0 heterocycles. The zero-order chi connectivity index (χ0) is 15.9. The Kier molecular flexibility index (Phi) is 6.75. The van der Waals surface area contributed by atoms with E-state index in [1.165, 1.54) is 12.1 Å². The van der Waals surface area contributed by atoms with Crippen molar-refractivity contribution in [2.75, 3.05) is 6.54 Å². The molecule has 0 bridgehead atoms. The second-order valence-electron chi connectivity index (χ2n) is 4.93. The Morgan fingerprint density at radius 1 is 1.24 bits per heavy atom. The van der Waals surface area contributed by atoms with Gasteiger partial charge in [0.1, 0.15) is 5.75 Å². The maximum atomic E-state index is 12.1. The molecule has 5 heteroatoms. The summed E-state index contributed by atoms with van der Waals surface area (Å²) in [5.41, 5.74) is 2.05. The zero-order valence-electron chi connectivity index (χ0n) is 12.5. The normalized spacial score (nSPS) is 13.0. The maximum Gasteiger partial charge on any atom is 0.573 e. The van der Waals surface area contributed by atoms with Crippen LogP contribution in [0.15, 0.2) is 36.4 Å². The Hall–Kier alpha value is -1.49. The van der Waals surface area contributed by atoms with Gasteiger partial charge in [-0.05, 0) is 43.5 Å². The summed E-state index contributed by atoms with van der Waals surface area (Å²) in [7, 11) is 0. The van der Waals surface area contributed by atoms with E-state index < -0.39 is 6.36 Å². The van der Waals surface area contributed by atoms with E-state index >= 15 is 0 Å². The van der Waals surface area contributed by atoms with Gasteiger partial charge in [0.15, 0.2) is 0 Å². The van der Waals surface area contributed by atoms with E-state index in [0.29, 0.717) is 0 Å². The fourth-order valence-electron chi connectivity index (χ4n) is 1.96. The lowest BCUT2D eigenvalue weighted by Crippen LogP contribution is -2.22. The Morgan fingerprint density at radius 3 is 2.33 bits per heavy atom. The molecule has 1 atom stereocenters. The monoisotopic (exact) mass is 301 g/mol. The fraction of sp³-hybridized carbons (Fsp3) is 0.500. The summed E-state index contributed by atoms with van der Waals surface area (Å²) in [4.78, 5) is 0. The first kappa shape index (κ1) is 17.6. The lowest BCUT2D eigenvalue weighted by Gasteiger charge is -2.20. The van der Waals surface area contributed by atoms with E-state index in [2.05, 4.69) is 23.6 Å². The van der Waals surface area contributed by atoms with Gasteiger partial charge in [-0.2, -0.15) is 0 Å². The molecule has 1 aromatic rings. The van der Waals surface area contributed by atoms with Crippen LogP contribution in [0.3, 0.4) is 0 Å². The van der Waals surface area contributed by atoms with Crippen LogP contribution in [0.5, 0.6) is 5.75 Å². The average molecular weight is 301 g/mol. The van der Waals surface area contributed by atoms with E-state index in [0.717, 1.165) is 36.9 Å². The Labute approximate surface area is 124 Å². The molecule has 0 aromatic heterocycles. The van der Waals surface area contributed by atoms with Crippen molar-refractivity contribution in [1.82, 2.24) is 5.32 Å². The van der Waals surface area contributed by atoms with Crippen LogP contribution in [0, 0.1) is 0 Å². The molecule has 0 aliphatic heterocycles. The van der Waals surface area contributed by atoms with Crippen LogP contribution in [-0.4, -0.2) is 12.9 Å². The minimum atomic E-state index is -4.65. The first-order chi connectivity index (χ1) is 9.85. The number of halogens is 3. The van der Waals surface area contributed by atoms with Crippen molar-refractivity contribution < 1.29 is 17.9 Å². The second-order valence-corrected chi connectivity index (χ2v) is 4.93. The highest BCUT2D eigenvalue weighted by Crippen LogP contribution is 2.27. The molecule has 21 heavy (non-hydrogen) atoms. The Balaban J connectivity index is 2.79. The second kappa shape index (κ2) is 8.08. The predicted octanol–water partition coefficient (Wildman–Crippen LogP) is 4.98. The van der Waals surface area contributed by atoms with Crippen LogP contribution in [0.1, 0.15) is 44.7 Å². The van der Waals surface area contributed by atoms with Crippen LogP contribution in [0.4, 0.5) is 13.2 Å². The minimum absolute atomic E-state index is 0.0670. The van der Waals surface area contributed by atoms with Gasteiger partial charge in [-0.3, -0.25) is 0 Å². The molecule has 0 saturated heterocycles. The molecule has 0 aliphatic carbocycles. The zero-order valence-corrected chi connectivity index (χ0v) is 12.5. The number of nitrogens with one attached hydrogen (secondary N) is 1. The third kappa shape index (κ3) is 6.67. The SMILES string of the molecule is C=C(CC)CC(NCCC)c1ccc(OC(F)(F)F)cc1. The van der Waals surface area contributed by atoms with Gasteiger partial charge in [0.2, 0.25) is 0 Å². The molecule has 2 nitrogen and oxygen atoms in total. The van der Waals surface area contributed by atoms with Gasteiger partial charge in [-0.25, -0.2) is 0 Å². The summed E-state index contributed by atoms with van der Waals surface area (Å²) in [6, 6.07) is 6.09. The van der Waals surface area contributed by atoms with Crippen LogP contribution in [-0.2, 0) is 0 Å². The van der Waals surface area contributed by atoms with Crippen molar-refractivity contribution in [3.05, 3.63) is 42.0 Å². The molecular weight excluding hydrogens is 279 g/mol. The van der Waals surface area contributed by atoms with Crippen LogP contribution in [0.2, 0.25) is 0 Å². The van der Waals surface area contributed by atoms with Gasteiger partial charge in [0.25, 0.3) is 0 Å². The van der Waals surface area contributed by atoms with Crippen molar-refractivity contribution >= 4 is 0 Å². The lowest BCUT2D eigenvalue weighted by atomic mass is 9.98. The first-order valence-corrected chi connectivity index (χ1v) is 7.11. The smallest absolute Gasteiger partial charge is 0.406 e. The van der Waals surface area contributed by atoms with Gasteiger partial charge in [0, 0.05) is 6.04 Å².